The van der Waals surface area contributed by atoms with Crippen LogP contribution in [0.1, 0.15) is 197 Å². The van der Waals surface area contributed by atoms with Crippen LogP contribution in [-0.4, -0.2) is 185 Å². The lowest BCUT2D eigenvalue weighted by atomic mass is 9.73. The molecule has 5 N–H and O–H groups in total. The molecule has 38 heteroatoms. The quantitative estimate of drug-likeness (QED) is 0.00976. The number of amides is 5. The van der Waals surface area contributed by atoms with Crippen molar-refractivity contribution in [3.05, 3.63) is 211 Å². The Morgan fingerprint density at radius 1 is 0.348 bits per heavy atom. The number of carbonyl (C=O) groups is 13. The molecule has 135 heavy (non-hydrogen) atoms. The number of ether oxygens (including phenoxy) is 12. The largest absolute Gasteiger partial charge is 0.458 e. The molecule has 5 aromatic rings. The van der Waals surface area contributed by atoms with Crippen molar-refractivity contribution < 1.29 is 119 Å². The number of benzene rings is 5. The van der Waals surface area contributed by atoms with Gasteiger partial charge in [-0.05, 0) is 113 Å². The molecule has 30 nitrogen and oxygen atoms in total. The first-order chi connectivity index (χ1) is 63.2. The van der Waals surface area contributed by atoms with Gasteiger partial charge in [0.1, 0.15) is 16.6 Å². The Balaban J connectivity index is -0.000000347. The van der Waals surface area contributed by atoms with Crippen LogP contribution < -0.4 is 26.6 Å². The molecule has 2 aliphatic rings. The summed E-state index contributed by atoms with van der Waals surface area (Å²) in [4.78, 5) is 145. The van der Waals surface area contributed by atoms with Crippen molar-refractivity contribution >= 4 is 157 Å². The van der Waals surface area contributed by atoms with Gasteiger partial charge in [-0.3, -0.25) is 62.3 Å². The summed E-state index contributed by atoms with van der Waals surface area (Å²) in [6.07, 6.45) is 4.27. The molecule has 3 atom stereocenters. The van der Waals surface area contributed by atoms with Crippen LogP contribution in [0.2, 0.25) is 36.9 Å². The number of hydrogen-bond donors (Lipinski definition) is 5. The van der Waals surface area contributed by atoms with Crippen LogP contribution in [0, 0.1) is 22.7 Å². The maximum Gasteiger partial charge on any atom is 0.324 e. The number of allylic oxidation sites excluding steroid dienone is 3. The molecule has 2 aliphatic heterocycles. The van der Waals surface area contributed by atoms with E-state index in [-0.39, 0.29) is 55.7 Å². The molecular formula is C97H139B8N5O25. The maximum atomic E-state index is 12.2. The van der Waals surface area contributed by atoms with Gasteiger partial charge in [0, 0.05) is 110 Å². The van der Waals surface area contributed by atoms with Crippen LogP contribution in [0.4, 0.5) is 17.1 Å². The Morgan fingerprint density at radius 3 is 0.933 bits per heavy atom. The number of rotatable bonds is 29. The van der Waals surface area contributed by atoms with E-state index in [4.69, 9.17) is 105 Å². The topological polar surface area (TPSA) is 393 Å². The second-order valence-electron chi connectivity index (χ2n) is 30.2. The molecule has 0 aliphatic carbocycles. The predicted molar refractivity (Wildman–Crippen MR) is 533 cm³/mol. The SMILES string of the molecule is C=C1OC(CC)=C(Cc2ccccc2)O1.C=C1OC(COC(C)=O)=C(Cc2ccccc2)O1.CC(=O)OC(C)OC(=O)C(C)(C)C(=O)Nc1ccccc1.CC(=O)OCC(=O)Nc1ccccc1.CC(C)CC(=O)Nc1ccccc1.[B]C(C)(C)C(=O)OC(C)OC(C)=O.[B]CC.[B]CC.[B]CC.[B]CC.[B]CC.[B]CNC(=O)C(C)(C)C(=O)OC(C)OC(C)=O.[B]CNC(=O)CC(C)C. The molecule has 5 amide bonds. The van der Waals surface area contributed by atoms with E-state index in [9.17, 15) is 62.3 Å². The van der Waals surface area contributed by atoms with Crippen molar-refractivity contribution in [1.29, 1.82) is 0 Å². The summed E-state index contributed by atoms with van der Waals surface area (Å²) in [5.41, 5.74) is 1.63. The third-order valence-corrected chi connectivity index (χ3v) is 14.5. The number of carbonyl (C=O) groups excluding carboxylic acids is 13. The fraction of sp³-hybridized carbons (Fsp3) is 0.474. The molecule has 2 heterocycles. The van der Waals surface area contributed by atoms with E-state index in [1.807, 2.05) is 160 Å². The van der Waals surface area contributed by atoms with Gasteiger partial charge in [-0.25, -0.2) is 0 Å². The van der Waals surface area contributed by atoms with Crippen LogP contribution in [0.25, 0.3) is 0 Å². The molecule has 0 bridgehead atoms. The standard InChI is InChI=1S/C15H19NO5.C14H14O4.C13H14O2.C11H15NO.C10H16BNO5.C10H11NO3.C8H13BO4.C6H12BNO.5C2H5B/c1-10(17)20-11(2)21-14(19)15(3,4)13(18)16-12-8-6-5-7-9-12;1-10(15)16-9-14-13(17-11(2)18-14)8-12-6-4-3-5-7-12;1-3-12-13(15-10(2)14-12)9-11-7-5-4-6-8-11;1-9(2)8-11(13)12-10-6-4-3-5-7-10;1-6(13)16-7(2)17-9(15)10(3,4)8(14)12-5-11;1-8(12)14-7-10(13)11-9-5-3-2-4-6-9;1-5(10)12-6(2)13-7(11)8(3,4)9;1-5(2)3-6(9)8-4-7;5*1-2-3/h5-9,11H,1-4H3,(H,16,18);3-7H,2,8-9H2,1H3;4-8H,2-3,9H2,1H3;3-7,9H,8H2,1-2H3,(H,12,13);7H,5H2,1-4H3,(H,12,14);2-6H,7H2,1H3,(H,11,13);6H,1-4H3;5H,3-4H2,1-2H3,(H,8,9);5*2H2,1H3. The zero-order chi connectivity index (χ0) is 105. The number of nitrogens with one attached hydrogen (secondary N) is 5. The lowest BCUT2D eigenvalue weighted by Gasteiger charge is -2.23. The summed E-state index contributed by atoms with van der Waals surface area (Å²) in [5, 5.41) is 11.8. The fourth-order valence-electron chi connectivity index (χ4n) is 8.72. The summed E-state index contributed by atoms with van der Waals surface area (Å²) in [5.74, 6) is -1.61. The van der Waals surface area contributed by atoms with Gasteiger partial charge in [-0.15, -0.1) is 0 Å². The number of anilines is 3. The lowest BCUT2D eigenvalue weighted by Crippen LogP contribution is -2.44. The predicted octanol–water partition coefficient (Wildman–Crippen LogP) is 15.6. The maximum absolute atomic E-state index is 12.2. The molecule has 0 spiro atoms. The zero-order valence-electron chi connectivity index (χ0n) is 83.5. The monoisotopic (exact) mass is 1860 g/mol. The Kier molecular flexibility index (Phi) is 79.5. The highest BCUT2D eigenvalue weighted by Gasteiger charge is 2.40. The van der Waals surface area contributed by atoms with Gasteiger partial charge in [0.05, 0.1) is 62.8 Å². The van der Waals surface area contributed by atoms with E-state index in [0.29, 0.717) is 59.9 Å². The first kappa shape index (κ1) is 134. The molecule has 0 fully saturated rings. The summed E-state index contributed by atoms with van der Waals surface area (Å²) in [6.45, 7) is 45.8. The molecular weight excluding hydrogens is 1720 g/mol. The molecule has 3 unspecified atom stereocenters. The highest BCUT2D eigenvalue weighted by molar-refractivity contribution is 6.26. The van der Waals surface area contributed by atoms with Crippen molar-refractivity contribution in [1.82, 2.24) is 10.6 Å². The Bertz CT molecular complexity index is 4270. The number of para-hydroxylation sites is 3. The smallest absolute Gasteiger partial charge is 0.324 e. The van der Waals surface area contributed by atoms with Crippen LogP contribution in [0.15, 0.2) is 200 Å². The Labute approximate surface area is 812 Å². The van der Waals surface area contributed by atoms with Gasteiger partial charge in [-0.1, -0.05) is 230 Å². The summed E-state index contributed by atoms with van der Waals surface area (Å²) in [7, 11) is 39.9. The Hall–Kier alpha value is -12.1. The van der Waals surface area contributed by atoms with E-state index in [0.717, 1.165) is 67.2 Å². The lowest BCUT2D eigenvalue weighted by molar-refractivity contribution is -0.192. The first-order valence-electron chi connectivity index (χ1n) is 43.6. The third-order valence-electron chi connectivity index (χ3n) is 14.5. The van der Waals surface area contributed by atoms with E-state index in [1.54, 1.807) is 48.5 Å². The van der Waals surface area contributed by atoms with Crippen molar-refractivity contribution in [2.75, 3.05) is 42.1 Å². The number of hydrogen-bond acceptors (Lipinski definition) is 25. The third kappa shape index (κ3) is 75.9. The normalized spacial score (nSPS) is 11.5. The molecule has 726 valence electrons. The molecule has 7 rings (SSSR count). The van der Waals surface area contributed by atoms with Crippen molar-refractivity contribution in [3.63, 3.8) is 0 Å². The van der Waals surface area contributed by atoms with Gasteiger partial charge < -0.3 is 83.4 Å². The second-order valence-corrected chi connectivity index (χ2v) is 30.2. The van der Waals surface area contributed by atoms with Gasteiger partial charge in [0.25, 0.3) is 17.8 Å². The molecule has 0 aromatic heterocycles. The van der Waals surface area contributed by atoms with Gasteiger partial charge in [0.15, 0.2) is 30.5 Å². The summed E-state index contributed by atoms with van der Waals surface area (Å²) >= 11 is 0. The zero-order valence-corrected chi connectivity index (χ0v) is 83.5. The van der Waals surface area contributed by atoms with E-state index in [1.165, 1.54) is 102 Å². The molecule has 0 saturated heterocycles. The minimum Gasteiger partial charge on any atom is -0.458 e. The number of esters is 8. The van der Waals surface area contributed by atoms with Gasteiger partial charge in [0.2, 0.25) is 42.5 Å². The van der Waals surface area contributed by atoms with Crippen molar-refractivity contribution in [2.45, 2.75) is 254 Å². The van der Waals surface area contributed by atoms with E-state index < -0.39 is 88.6 Å². The highest BCUT2D eigenvalue weighted by Crippen LogP contribution is 2.30. The minimum atomic E-state index is -1.41. The average Bonchev–Trinajstić information content (AvgIpc) is 1.81. The highest BCUT2D eigenvalue weighted by atomic mass is 16.7. The van der Waals surface area contributed by atoms with Crippen LogP contribution in [0.3, 0.4) is 0 Å². The fourth-order valence-corrected chi connectivity index (χ4v) is 8.72. The van der Waals surface area contributed by atoms with Crippen LogP contribution >= 0.6 is 0 Å². The van der Waals surface area contributed by atoms with E-state index >= 15 is 0 Å². The van der Waals surface area contributed by atoms with E-state index in [2.05, 4.69) is 66.1 Å². The van der Waals surface area contributed by atoms with Gasteiger partial charge >= 0.3 is 47.8 Å². The molecule has 5 aromatic carbocycles. The second kappa shape index (κ2) is 80.4. The average molecular weight is 1860 g/mol. The van der Waals surface area contributed by atoms with Crippen molar-refractivity contribution in [3.8, 4) is 0 Å². The van der Waals surface area contributed by atoms with Crippen LogP contribution in [-0.2, 0) is 132 Å². The summed E-state index contributed by atoms with van der Waals surface area (Å²) in [6, 6.07) is 47.3. The van der Waals surface area contributed by atoms with Gasteiger partial charge in [-0.2, -0.15) is 0 Å². The van der Waals surface area contributed by atoms with Crippen LogP contribution in [0.5, 0.6) is 0 Å². The van der Waals surface area contributed by atoms with Crippen molar-refractivity contribution in [2.24, 2.45) is 22.7 Å². The summed E-state index contributed by atoms with van der Waals surface area (Å²) < 4.78 is 59.2. The molecule has 0 saturated carbocycles. The molecule has 16 radical (unpaired) electrons. The minimum absolute atomic E-state index is 0.0347. The first-order valence-corrected chi connectivity index (χ1v) is 43.6. The Morgan fingerprint density at radius 2 is 0.630 bits per heavy atom.